The van der Waals surface area contributed by atoms with Crippen LogP contribution in [0.2, 0.25) is 0 Å². The summed E-state index contributed by atoms with van der Waals surface area (Å²) in [4.78, 5) is 20.2. The van der Waals surface area contributed by atoms with Crippen LogP contribution in [0.5, 0.6) is 5.75 Å². The number of ether oxygens (including phenoxy) is 3. The molecule has 4 unspecified atom stereocenters. The van der Waals surface area contributed by atoms with Crippen molar-refractivity contribution in [3.05, 3.63) is 36.5 Å². The van der Waals surface area contributed by atoms with E-state index in [2.05, 4.69) is 20.6 Å². The Balaban J connectivity index is 1.45. The Labute approximate surface area is 157 Å². The molecule has 142 valence electrons. The first kappa shape index (κ1) is 17.7. The molecule has 8 nitrogen and oxygen atoms in total. The van der Waals surface area contributed by atoms with Gasteiger partial charge in [-0.25, -0.2) is 9.97 Å². The number of fused-ring (bicyclic) bond motifs is 1. The summed E-state index contributed by atoms with van der Waals surface area (Å²) in [5, 5.41) is 6.19. The van der Waals surface area contributed by atoms with Crippen molar-refractivity contribution in [2.75, 3.05) is 25.6 Å². The number of carbonyl (C=O) groups is 1. The van der Waals surface area contributed by atoms with E-state index in [-0.39, 0.29) is 30.2 Å². The summed E-state index contributed by atoms with van der Waals surface area (Å²) in [5.41, 5.74) is 1.79. The molecule has 0 spiro atoms. The monoisotopic (exact) mass is 370 g/mol. The topological polar surface area (TPSA) is 94.6 Å². The van der Waals surface area contributed by atoms with E-state index in [4.69, 9.17) is 14.2 Å². The van der Waals surface area contributed by atoms with Gasteiger partial charge in [-0.3, -0.25) is 4.79 Å². The predicted molar refractivity (Wildman–Crippen MR) is 98.5 cm³/mol. The summed E-state index contributed by atoms with van der Waals surface area (Å²) < 4.78 is 16.9. The third-order valence-corrected chi connectivity index (χ3v) is 4.80. The lowest BCUT2D eigenvalue weighted by atomic mass is 10.1. The lowest BCUT2D eigenvalue weighted by molar-refractivity contribution is -0.120. The van der Waals surface area contributed by atoms with Crippen LogP contribution >= 0.6 is 0 Å². The maximum Gasteiger partial charge on any atom is 0.223 e. The van der Waals surface area contributed by atoms with Crippen LogP contribution in [0.1, 0.15) is 6.92 Å². The summed E-state index contributed by atoms with van der Waals surface area (Å²) in [6.45, 7) is 2.41. The minimum Gasteiger partial charge on any atom is -0.497 e. The minimum atomic E-state index is -0.156. The molecule has 8 heteroatoms. The second-order valence-corrected chi connectivity index (χ2v) is 6.65. The number of aromatic nitrogens is 2. The summed E-state index contributed by atoms with van der Waals surface area (Å²) in [5.74, 6) is 1.23. The highest BCUT2D eigenvalue weighted by Crippen LogP contribution is 2.29. The van der Waals surface area contributed by atoms with Crippen LogP contribution in [-0.2, 0) is 14.3 Å². The molecule has 2 saturated heterocycles. The van der Waals surface area contributed by atoms with Crippen LogP contribution in [0.15, 0.2) is 36.5 Å². The smallest absolute Gasteiger partial charge is 0.223 e. The van der Waals surface area contributed by atoms with E-state index < -0.39 is 0 Å². The third kappa shape index (κ3) is 3.72. The second kappa shape index (κ2) is 7.50. The van der Waals surface area contributed by atoms with Gasteiger partial charge in [0.25, 0.3) is 0 Å². The molecule has 2 N–H and O–H groups in total. The number of rotatable bonds is 5. The average molecular weight is 370 g/mol. The van der Waals surface area contributed by atoms with Crippen LogP contribution in [0, 0.1) is 0 Å². The Morgan fingerprint density at radius 2 is 1.81 bits per heavy atom. The van der Waals surface area contributed by atoms with Crippen LogP contribution < -0.4 is 15.4 Å². The molecule has 0 radical (unpaired) electrons. The molecule has 2 aliphatic heterocycles. The molecular formula is C19H22N4O4. The zero-order valence-electron chi connectivity index (χ0n) is 15.2. The SMILES string of the molecule is COc1ccc(-c2ccnc(NC3COC4C(NC(C)=O)COC34)n2)cc1. The number of benzene rings is 1. The highest BCUT2D eigenvalue weighted by atomic mass is 16.6. The van der Waals surface area contributed by atoms with Gasteiger partial charge in [-0.15, -0.1) is 0 Å². The maximum atomic E-state index is 11.3. The van der Waals surface area contributed by atoms with E-state index in [1.165, 1.54) is 6.92 Å². The van der Waals surface area contributed by atoms with E-state index in [1.54, 1.807) is 13.3 Å². The predicted octanol–water partition coefficient (Wildman–Crippen LogP) is 1.23. The fourth-order valence-corrected chi connectivity index (χ4v) is 3.52. The minimum absolute atomic E-state index is 0.0696. The third-order valence-electron chi connectivity index (χ3n) is 4.80. The standard InChI is InChI=1S/C19H22N4O4/c1-11(24)21-15-9-26-18-16(10-27-17(15)18)23-19-20-8-7-14(22-19)12-3-5-13(25-2)6-4-12/h3-8,15-18H,9-10H2,1-2H3,(H,21,24)(H,20,22,23). The zero-order valence-corrected chi connectivity index (χ0v) is 15.2. The first-order chi connectivity index (χ1) is 13.1. The molecule has 1 aromatic heterocycles. The number of methoxy groups -OCH3 is 1. The number of hydrogen-bond acceptors (Lipinski definition) is 7. The molecule has 2 aromatic rings. The van der Waals surface area contributed by atoms with Gasteiger partial charge in [-0.1, -0.05) is 0 Å². The molecule has 0 aliphatic carbocycles. The number of nitrogens with one attached hydrogen (secondary N) is 2. The highest BCUT2D eigenvalue weighted by Gasteiger charge is 2.48. The van der Waals surface area contributed by atoms with E-state index >= 15 is 0 Å². The Morgan fingerprint density at radius 1 is 1.11 bits per heavy atom. The van der Waals surface area contributed by atoms with Gasteiger partial charge in [-0.05, 0) is 30.3 Å². The molecule has 3 heterocycles. The van der Waals surface area contributed by atoms with Crippen molar-refractivity contribution in [2.24, 2.45) is 0 Å². The van der Waals surface area contributed by atoms with E-state index in [9.17, 15) is 4.79 Å². The van der Waals surface area contributed by atoms with Crippen molar-refractivity contribution >= 4 is 11.9 Å². The lowest BCUT2D eigenvalue weighted by Gasteiger charge is -2.18. The Morgan fingerprint density at radius 3 is 2.52 bits per heavy atom. The van der Waals surface area contributed by atoms with Gasteiger partial charge < -0.3 is 24.8 Å². The van der Waals surface area contributed by atoms with Crippen molar-refractivity contribution in [3.8, 4) is 17.0 Å². The Bertz CT molecular complexity index is 814. The quantitative estimate of drug-likeness (QED) is 0.817. The van der Waals surface area contributed by atoms with E-state index in [0.29, 0.717) is 19.2 Å². The van der Waals surface area contributed by atoms with Gasteiger partial charge in [0.2, 0.25) is 11.9 Å². The summed E-state index contributed by atoms with van der Waals surface area (Å²) in [6.07, 6.45) is 1.42. The molecular weight excluding hydrogens is 348 g/mol. The normalized spacial score (nSPS) is 26.4. The van der Waals surface area contributed by atoms with Crippen molar-refractivity contribution in [3.63, 3.8) is 0 Å². The number of nitrogens with zero attached hydrogens (tertiary/aromatic N) is 2. The second-order valence-electron chi connectivity index (χ2n) is 6.65. The van der Waals surface area contributed by atoms with Gasteiger partial charge in [0.1, 0.15) is 18.0 Å². The lowest BCUT2D eigenvalue weighted by Crippen LogP contribution is -2.44. The summed E-state index contributed by atoms with van der Waals surface area (Å²) in [7, 11) is 1.64. The van der Waals surface area contributed by atoms with Gasteiger partial charge >= 0.3 is 0 Å². The molecule has 1 aromatic carbocycles. The number of carbonyl (C=O) groups excluding carboxylic acids is 1. The Hall–Kier alpha value is -2.71. The van der Waals surface area contributed by atoms with Crippen molar-refractivity contribution < 1.29 is 19.0 Å². The largest absolute Gasteiger partial charge is 0.497 e. The molecule has 4 rings (SSSR count). The molecule has 27 heavy (non-hydrogen) atoms. The highest BCUT2D eigenvalue weighted by molar-refractivity contribution is 5.73. The van der Waals surface area contributed by atoms with Crippen LogP contribution in [-0.4, -0.2) is 60.5 Å². The number of anilines is 1. The van der Waals surface area contributed by atoms with Gasteiger partial charge in [0.05, 0.1) is 38.1 Å². The molecule has 1 amide bonds. The summed E-state index contributed by atoms with van der Waals surface area (Å²) >= 11 is 0. The van der Waals surface area contributed by atoms with Crippen molar-refractivity contribution in [1.82, 2.24) is 15.3 Å². The Kier molecular flexibility index (Phi) is 4.91. The summed E-state index contributed by atoms with van der Waals surface area (Å²) in [6, 6.07) is 9.38. The van der Waals surface area contributed by atoms with Crippen LogP contribution in [0.3, 0.4) is 0 Å². The fraction of sp³-hybridized carbons (Fsp3) is 0.421. The van der Waals surface area contributed by atoms with Gasteiger partial charge in [0, 0.05) is 18.7 Å². The fourth-order valence-electron chi connectivity index (χ4n) is 3.52. The molecule has 2 aliphatic rings. The zero-order chi connectivity index (χ0) is 18.8. The van der Waals surface area contributed by atoms with Crippen molar-refractivity contribution in [2.45, 2.75) is 31.2 Å². The van der Waals surface area contributed by atoms with Gasteiger partial charge in [-0.2, -0.15) is 0 Å². The average Bonchev–Trinajstić information content (AvgIpc) is 3.25. The first-order valence-electron chi connectivity index (χ1n) is 8.88. The first-order valence-corrected chi connectivity index (χ1v) is 8.88. The van der Waals surface area contributed by atoms with E-state index in [0.717, 1.165) is 17.0 Å². The van der Waals surface area contributed by atoms with Crippen molar-refractivity contribution in [1.29, 1.82) is 0 Å². The van der Waals surface area contributed by atoms with Crippen LogP contribution in [0.25, 0.3) is 11.3 Å². The van der Waals surface area contributed by atoms with E-state index in [1.807, 2.05) is 30.3 Å². The molecule has 0 bridgehead atoms. The van der Waals surface area contributed by atoms with Crippen LogP contribution in [0.4, 0.5) is 5.95 Å². The van der Waals surface area contributed by atoms with Gasteiger partial charge in [0.15, 0.2) is 0 Å². The number of amides is 1. The molecule has 0 saturated carbocycles. The maximum absolute atomic E-state index is 11.3. The molecule has 2 fully saturated rings. The molecule has 4 atom stereocenters. The number of hydrogen-bond donors (Lipinski definition) is 2.